The van der Waals surface area contributed by atoms with Gasteiger partial charge in [0.25, 0.3) is 0 Å². The normalized spacial score (nSPS) is 10.7. The Hall–Kier alpha value is -0.320. The molecular formula is C13H23Cl2N3. The van der Waals surface area contributed by atoms with E-state index >= 15 is 0 Å². The Labute approximate surface area is 120 Å². The molecule has 104 valence electrons. The van der Waals surface area contributed by atoms with Crippen molar-refractivity contribution in [3.8, 4) is 0 Å². The maximum absolute atomic E-state index is 5.54. The first-order chi connectivity index (χ1) is 8.51. The molecule has 0 bridgehead atoms. The molecule has 1 rings (SSSR count). The minimum absolute atomic E-state index is 0.343. The van der Waals surface area contributed by atoms with Crippen LogP contribution in [0.3, 0.4) is 0 Å². The molecule has 0 aliphatic rings. The lowest BCUT2D eigenvalue weighted by atomic mass is 10.2. The smallest absolute Gasteiger partial charge is 0.160 e. The standard InChI is InChI=1S/C8H12N2.C5H11Cl2N/c1-10(9)7-8-5-3-2-4-6-8;1-3-8(4-2)5(6)7/h2-6H,7,9H2,1H3;5H,3-4H2,1-2H3. The van der Waals surface area contributed by atoms with Crippen LogP contribution in [-0.4, -0.2) is 35.0 Å². The molecule has 1 aromatic rings. The van der Waals surface area contributed by atoms with Gasteiger partial charge in [-0.25, -0.2) is 5.01 Å². The average molecular weight is 292 g/mol. The third kappa shape index (κ3) is 8.72. The van der Waals surface area contributed by atoms with E-state index < -0.39 is 0 Å². The molecule has 0 heterocycles. The molecular weight excluding hydrogens is 269 g/mol. The van der Waals surface area contributed by atoms with Gasteiger partial charge < -0.3 is 0 Å². The second-order valence-corrected chi connectivity index (χ2v) is 4.95. The van der Waals surface area contributed by atoms with Gasteiger partial charge in [0.1, 0.15) is 0 Å². The fourth-order valence-electron chi connectivity index (χ4n) is 1.37. The maximum Gasteiger partial charge on any atom is 0.160 e. The van der Waals surface area contributed by atoms with Gasteiger partial charge in [0, 0.05) is 13.6 Å². The summed E-state index contributed by atoms with van der Waals surface area (Å²) in [6, 6.07) is 10.1. The number of nitrogens with zero attached hydrogens (tertiary/aromatic N) is 2. The highest BCUT2D eigenvalue weighted by Crippen LogP contribution is 2.07. The number of hydrazine groups is 1. The third-order valence-corrected chi connectivity index (χ3v) is 2.92. The molecule has 3 nitrogen and oxygen atoms in total. The summed E-state index contributed by atoms with van der Waals surface area (Å²) in [5.74, 6) is 5.46. The molecule has 0 fully saturated rings. The molecule has 0 aliphatic heterocycles. The molecule has 0 radical (unpaired) electrons. The van der Waals surface area contributed by atoms with E-state index in [1.165, 1.54) is 5.56 Å². The van der Waals surface area contributed by atoms with Crippen molar-refractivity contribution in [1.82, 2.24) is 9.91 Å². The van der Waals surface area contributed by atoms with E-state index in [1.54, 1.807) is 5.01 Å². The Balaban J connectivity index is 0.000000331. The SMILES string of the molecule is CCN(CC)C(Cl)Cl.CN(N)Cc1ccccc1. The summed E-state index contributed by atoms with van der Waals surface area (Å²) in [4.78, 5) is 1.60. The van der Waals surface area contributed by atoms with Crippen LogP contribution in [0.1, 0.15) is 19.4 Å². The van der Waals surface area contributed by atoms with E-state index in [-0.39, 0.29) is 4.96 Å². The van der Waals surface area contributed by atoms with E-state index in [0.717, 1.165) is 19.6 Å². The monoisotopic (exact) mass is 291 g/mol. The number of rotatable bonds is 5. The van der Waals surface area contributed by atoms with E-state index in [9.17, 15) is 0 Å². The highest BCUT2D eigenvalue weighted by Gasteiger charge is 2.05. The predicted molar refractivity (Wildman–Crippen MR) is 80.5 cm³/mol. The lowest BCUT2D eigenvalue weighted by Gasteiger charge is -2.17. The Kier molecular flexibility index (Phi) is 10.4. The Morgan fingerprint density at radius 2 is 1.61 bits per heavy atom. The number of alkyl halides is 2. The maximum atomic E-state index is 5.54. The quantitative estimate of drug-likeness (QED) is 0.392. The molecule has 18 heavy (non-hydrogen) atoms. The second-order valence-electron chi connectivity index (χ2n) is 3.90. The molecule has 2 N–H and O–H groups in total. The largest absolute Gasteiger partial charge is 0.276 e. The van der Waals surface area contributed by atoms with Gasteiger partial charge in [0.2, 0.25) is 0 Å². The summed E-state index contributed by atoms with van der Waals surface area (Å²) in [6.45, 7) is 6.69. The molecule has 0 saturated carbocycles. The molecule has 0 aromatic heterocycles. The van der Waals surface area contributed by atoms with Gasteiger partial charge in [0.15, 0.2) is 4.96 Å². The van der Waals surface area contributed by atoms with Crippen LogP contribution in [0.15, 0.2) is 30.3 Å². The van der Waals surface area contributed by atoms with E-state index in [0.29, 0.717) is 0 Å². The molecule has 0 atom stereocenters. The van der Waals surface area contributed by atoms with Gasteiger partial charge in [-0.1, -0.05) is 67.4 Å². The number of benzene rings is 1. The summed E-state index contributed by atoms with van der Waals surface area (Å²) >= 11 is 11.1. The van der Waals surface area contributed by atoms with Crippen LogP contribution in [0.4, 0.5) is 0 Å². The molecule has 0 aliphatic carbocycles. The molecule has 0 amide bonds. The predicted octanol–water partition coefficient (Wildman–Crippen LogP) is 3.08. The summed E-state index contributed by atoms with van der Waals surface area (Å²) in [5.41, 5.74) is 1.24. The number of nitrogens with two attached hydrogens (primary N) is 1. The summed E-state index contributed by atoms with van der Waals surface area (Å²) < 4.78 is 0. The minimum atomic E-state index is -0.343. The Morgan fingerprint density at radius 1 is 1.11 bits per heavy atom. The van der Waals surface area contributed by atoms with Crippen molar-refractivity contribution in [2.45, 2.75) is 25.4 Å². The number of hydrogen-bond acceptors (Lipinski definition) is 3. The van der Waals surface area contributed by atoms with Crippen LogP contribution in [0.25, 0.3) is 0 Å². The lowest BCUT2D eigenvalue weighted by Crippen LogP contribution is -2.26. The van der Waals surface area contributed by atoms with Gasteiger partial charge in [-0.2, -0.15) is 0 Å². The lowest BCUT2D eigenvalue weighted by molar-refractivity contribution is 0.331. The van der Waals surface area contributed by atoms with Crippen molar-refractivity contribution < 1.29 is 0 Å². The van der Waals surface area contributed by atoms with Gasteiger partial charge >= 0.3 is 0 Å². The Morgan fingerprint density at radius 3 is 1.89 bits per heavy atom. The fourth-order valence-corrected chi connectivity index (χ4v) is 1.92. The second kappa shape index (κ2) is 10.6. The zero-order chi connectivity index (χ0) is 14.0. The summed E-state index contributed by atoms with van der Waals surface area (Å²) in [5, 5.41) is 1.66. The Bertz CT molecular complexity index is 288. The van der Waals surface area contributed by atoms with Crippen LogP contribution >= 0.6 is 23.2 Å². The van der Waals surface area contributed by atoms with Crippen molar-refractivity contribution in [2.24, 2.45) is 5.84 Å². The molecule has 5 heteroatoms. The fraction of sp³-hybridized carbons (Fsp3) is 0.538. The van der Waals surface area contributed by atoms with Gasteiger partial charge in [-0.15, -0.1) is 0 Å². The van der Waals surface area contributed by atoms with Crippen LogP contribution in [0.5, 0.6) is 0 Å². The zero-order valence-electron chi connectivity index (χ0n) is 11.3. The van der Waals surface area contributed by atoms with Crippen molar-refractivity contribution >= 4 is 23.2 Å². The zero-order valence-corrected chi connectivity index (χ0v) is 12.8. The molecule has 0 spiro atoms. The number of halogens is 2. The first-order valence-electron chi connectivity index (χ1n) is 6.03. The van der Waals surface area contributed by atoms with E-state index in [1.807, 2.05) is 44.0 Å². The molecule has 1 aromatic carbocycles. The van der Waals surface area contributed by atoms with Crippen molar-refractivity contribution in [3.05, 3.63) is 35.9 Å². The topological polar surface area (TPSA) is 32.5 Å². The average Bonchev–Trinajstić information content (AvgIpc) is 2.31. The highest BCUT2D eigenvalue weighted by molar-refractivity contribution is 6.43. The summed E-state index contributed by atoms with van der Waals surface area (Å²) in [6.07, 6.45) is 0. The number of hydrogen-bond donors (Lipinski definition) is 1. The highest BCUT2D eigenvalue weighted by atomic mass is 35.5. The molecule has 0 saturated heterocycles. The van der Waals surface area contributed by atoms with Crippen LogP contribution < -0.4 is 5.84 Å². The first-order valence-corrected chi connectivity index (χ1v) is 6.90. The van der Waals surface area contributed by atoms with Crippen LogP contribution in [-0.2, 0) is 6.54 Å². The molecule has 0 unspecified atom stereocenters. The van der Waals surface area contributed by atoms with Crippen molar-refractivity contribution in [1.29, 1.82) is 0 Å². The minimum Gasteiger partial charge on any atom is -0.276 e. The van der Waals surface area contributed by atoms with Crippen LogP contribution in [0, 0.1) is 0 Å². The van der Waals surface area contributed by atoms with Crippen LogP contribution in [0.2, 0.25) is 0 Å². The van der Waals surface area contributed by atoms with Gasteiger partial charge in [-0.3, -0.25) is 10.7 Å². The summed E-state index contributed by atoms with van der Waals surface area (Å²) in [7, 11) is 1.85. The van der Waals surface area contributed by atoms with Gasteiger partial charge in [0.05, 0.1) is 0 Å². The van der Waals surface area contributed by atoms with E-state index in [2.05, 4.69) is 12.1 Å². The van der Waals surface area contributed by atoms with E-state index in [4.69, 9.17) is 29.0 Å². The first kappa shape index (κ1) is 17.7. The van der Waals surface area contributed by atoms with Crippen molar-refractivity contribution in [2.75, 3.05) is 20.1 Å². The van der Waals surface area contributed by atoms with Gasteiger partial charge in [-0.05, 0) is 18.7 Å². The third-order valence-electron chi connectivity index (χ3n) is 2.36. The van der Waals surface area contributed by atoms with Crippen molar-refractivity contribution in [3.63, 3.8) is 0 Å².